The van der Waals surface area contributed by atoms with E-state index >= 15 is 0 Å². The van der Waals surface area contributed by atoms with Crippen molar-refractivity contribution in [3.05, 3.63) is 99.4 Å². The van der Waals surface area contributed by atoms with Crippen LogP contribution in [0.25, 0.3) is 22.3 Å². The fourth-order valence-electron chi connectivity index (χ4n) is 5.08. The molecule has 3 aromatic carbocycles. The van der Waals surface area contributed by atoms with E-state index in [0.29, 0.717) is 22.5 Å². The number of hydrogen-bond acceptors (Lipinski definition) is 3. The number of benzene rings is 3. The fraction of sp³-hybridized carbons (Fsp3) is 0.267. The molecule has 0 bridgehead atoms. The number of carboxylic acid groups (broad SMARTS) is 1. The van der Waals surface area contributed by atoms with Crippen LogP contribution in [0.5, 0.6) is 0 Å². The van der Waals surface area contributed by atoms with Gasteiger partial charge in [-0.15, -0.1) is 0 Å². The van der Waals surface area contributed by atoms with Crippen molar-refractivity contribution in [1.29, 1.82) is 0 Å². The van der Waals surface area contributed by atoms with Crippen LogP contribution < -0.4 is 15.2 Å². The Kier molecular flexibility index (Phi) is 6.65. The van der Waals surface area contributed by atoms with E-state index in [-0.39, 0.29) is 24.0 Å². The summed E-state index contributed by atoms with van der Waals surface area (Å²) < 4.78 is 37.9. The molecule has 0 aliphatic carbocycles. The minimum absolute atomic E-state index is 0.154. The van der Waals surface area contributed by atoms with Gasteiger partial charge in [0, 0.05) is 18.2 Å². The van der Waals surface area contributed by atoms with Crippen molar-refractivity contribution in [3.63, 3.8) is 0 Å². The molecule has 0 radical (unpaired) electrons. The van der Waals surface area contributed by atoms with Gasteiger partial charge in [0.1, 0.15) is 36.1 Å². The molecule has 1 saturated heterocycles. The second-order valence-corrected chi connectivity index (χ2v) is 9.64. The second-order valence-electron chi connectivity index (χ2n) is 9.64. The molecule has 1 aliphatic rings. The lowest BCUT2D eigenvalue weighted by Gasteiger charge is -2.20. The van der Waals surface area contributed by atoms with Gasteiger partial charge in [-0.1, -0.05) is 30.3 Å². The molecule has 1 atom stereocenters. The largest absolute Gasteiger partial charge is 0.478 e. The van der Waals surface area contributed by atoms with Crippen molar-refractivity contribution in [2.75, 3.05) is 13.1 Å². The fourth-order valence-corrected chi connectivity index (χ4v) is 5.08. The Hall–Kier alpha value is -3.84. The van der Waals surface area contributed by atoms with E-state index < -0.39 is 11.8 Å². The molecule has 190 valence electrons. The van der Waals surface area contributed by atoms with Crippen LogP contribution in [-0.2, 0) is 6.54 Å². The molecule has 4 aromatic rings. The molecule has 0 amide bonds. The number of aromatic carboxylic acids is 1. The molecule has 1 aliphatic heterocycles. The number of aryl methyl sites for hydroxylation is 1. The van der Waals surface area contributed by atoms with E-state index in [1.54, 1.807) is 24.3 Å². The molecular weight excluding hydrogens is 474 g/mol. The predicted octanol–water partition coefficient (Wildman–Crippen LogP) is 5.72. The van der Waals surface area contributed by atoms with E-state index in [4.69, 9.17) is 4.42 Å². The van der Waals surface area contributed by atoms with Gasteiger partial charge in [-0.25, -0.2) is 18.2 Å². The highest BCUT2D eigenvalue weighted by atomic mass is 19.1. The van der Waals surface area contributed by atoms with E-state index in [0.717, 1.165) is 53.0 Å². The molecule has 5 nitrogen and oxygen atoms in total. The zero-order chi connectivity index (χ0) is 26.3. The zero-order valence-corrected chi connectivity index (χ0v) is 21.1. The van der Waals surface area contributed by atoms with Gasteiger partial charge in [0.25, 0.3) is 0 Å². The Labute approximate surface area is 213 Å². The summed E-state index contributed by atoms with van der Waals surface area (Å²) in [4.78, 5) is 11.6. The summed E-state index contributed by atoms with van der Waals surface area (Å²) in [6.45, 7) is 7.94. The number of carboxylic acids is 1. The summed E-state index contributed by atoms with van der Waals surface area (Å²) in [6, 6.07) is 14.7. The standard InChI is InChI=1S/C30H28F2N2O3/c1-17-14-22(19(3)33-16-20-8-6-11-25(32)26(20)30(35)36)29-23(15-17)27(34-12-7-13-34)18(2)28(37-29)21-9-4-5-10-24(21)31/h4-6,8-11,14-15,19,33H,7,12-13,16H2,1-3H3/p+1. The van der Waals surface area contributed by atoms with Crippen molar-refractivity contribution in [2.45, 2.75) is 39.8 Å². The zero-order valence-electron chi connectivity index (χ0n) is 21.1. The predicted molar refractivity (Wildman–Crippen MR) is 139 cm³/mol. The maximum absolute atomic E-state index is 14.9. The summed E-state index contributed by atoms with van der Waals surface area (Å²) in [5.74, 6) is -1.93. The molecule has 37 heavy (non-hydrogen) atoms. The summed E-state index contributed by atoms with van der Waals surface area (Å²) in [7, 11) is 0. The Balaban J connectivity index is 1.66. The first-order valence-electron chi connectivity index (χ1n) is 12.4. The van der Waals surface area contributed by atoms with Gasteiger partial charge in [-0.3, -0.25) is 0 Å². The summed E-state index contributed by atoms with van der Waals surface area (Å²) in [5, 5.41) is 14.8. The summed E-state index contributed by atoms with van der Waals surface area (Å²) in [6.07, 6.45) is 1.10. The smallest absolute Gasteiger partial charge is 0.339 e. The van der Waals surface area contributed by atoms with E-state index in [1.165, 1.54) is 12.1 Å². The van der Waals surface area contributed by atoms with E-state index in [9.17, 15) is 18.7 Å². The number of rotatable bonds is 6. The molecule has 0 saturated carbocycles. The highest BCUT2D eigenvalue weighted by molar-refractivity contribution is 5.89. The monoisotopic (exact) mass is 503 g/mol. The lowest BCUT2D eigenvalue weighted by Crippen LogP contribution is -2.42. The van der Waals surface area contributed by atoms with E-state index in [1.807, 2.05) is 26.8 Å². The van der Waals surface area contributed by atoms with Crippen molar-refractivity contribution >= 4 is 16.9 Å². The topological polar surface area (TPSA) is 65.5 Å². The Bertz CT molecular complexity index is 1600. The molecule has 2 N–H and O–H groups in total. The highest BCUT2D eigenvalue weighted by Gasteiger charge is 2.26. The summed E-state index contributed by atoms with van der Waals surface area (Å²) >= 11 is 0. The first kappa shape index (κ1) is 24.8. The molecule has 0 spiro atoms. The third kappa shape index (κ3) is 4.55. The molecule has 1 fully saturated rings. The van der Waals surface area contributed by atoms with Gasteiger partial charge >= 0.3 is 5.97 Å². The SMILES string of the molecule is Cc1cc(C(C)NCc2cccc(F)c2C(=O)O)c2oc(-c3ccccc3F)c(C)c(=[N+]3CCC3)c2c1. The Morgan fingerprint density at radius 2 is 1.81 bits per heavy atom. The first-order chi connectivity index (χ1) is 17.8. The molecule has 2 heterocycles. The maximum atomic E-state index is 14.9. The van der Waals surface area contributed by atoms with Gasteiger partial charge in [-0.2, -0.15) is 0 Å². The molecule has 5 rings (SSSR count). The lowest BCUT2D eigenvalue weighted by atomic mass is 9.97. The third-order valence-corrected chi connectivity index (χ3v) is 7.09. The minimum atomic E-state index is -1.30. The van der Waals surface area contributed by atoms with Crippen molar-refractivity contribution in [1.82, 2.24) is 9.89 Å². The maximum Gasteiger partial charge on any atom is 0.339 e. The van der Waals surface area contributed by atoms with Crippen LogP contribution in [0.1, 0.15) is 52.0 Å². The molecule has 7 heteroatoms. The van der Waals surface area contributed by atoms with Crippen LogP contribution in [0.2, 0.25) is 0 Å². The average Bonchev–Trinajstić information content (AvgIpc) is 2.83. The van der Waals surface area contributed by atoms with Gasteiger partial charge in [0.15, 0.2) is 0 Å². The number of halogens is 2. The van der Waals surface area contributed by atoms with Gasteiger partial charge in [0.2, 0.25) is 5.36 Å². The summed E-state index contributed by atoms with van der Waals surface area (Å²) in [5.41, 5.74) is 3.87. The van der Waals surface area contributed by atoms with Gasteiger partial charge in [0.05, 0.1) is 28.5 Å². The lowest BCUT2D eigenvalue weighted by molar-refractivity contribution is 0.0690. The van der Waals surface area contributed by atoms with Crippen LogP contribution in [0.4, 0.5) is 8.78 Å². The molecular formula is C30H29F2N2O3+. The highest BCUT2D eigenvalue weighted by Crippen LogP contribution is 2.32. The quantitative estimate of drug-likeness (QED) is 0.331. The average molecular weight is 504 g/mol. The number of carbonyl (C=O) groups is 1. The van der Waals surface area contributed by atoms with Crippen LogP contribution in [-0.4, -0.2) is 24.2 Å². The van der Waals surface area contributed by atoms with Gasteiger partial charge in [-0.05, 0) is 56.2 Å². The van der Waals surface area contributed by atoms with Crippen LogP contribution >= 0.6 is 0 Å². The number of nitrogens with one attached hydrogen (secondary N) is 1. The van der Waals surface area contributed by atoms with E-state index in [2.05, 4.69) is 16.0 Å². The van der Waals surface area contributed by atoms with Crippen molar-refractivity contribution < 1.29 is 23.1 Å². The van der Waals surface area contributed by atoms with Crippen molar-refractivity contribution in [2.24, 2.45) is 0 Å². The normalized spacial score (nSPS) is 14.0. The third-order valence-electron chi connectivity index (χ3n) is 7.09. The Morgan fingerprint density at radius 1 is 1.08 bits per heavy atom. The number of hydrogen-bond donors (Lipinski definition) is 2. The van der Waals surface area contributed by atoms with Crippen molar-refractivity contribution in [3.8, 4) is 11.3 Å². The molecule has 1 aromatic heterocycles. The van der Waals surface area contributed by atoms with Crippen LogP contribution in [0.3, 0.4) is 0 Å². The second kappa shape index (κ2) is 9.90. The Morgan fingerprint density at radius 3 is 2.49 bits per heavy atom. The number of nitrogens with zero attached hydrogens (tertiary/aromatic N) is 1. The first-order valence-corrected chi connectivity index (χ1v) is 12.4. The number of fused-ring (bicyclic) bond motifs is 1. The minimum Gasteiger partial charge on any atom is -0.478 e. The van der Waals surface area contributed by atoms with Crippen LogP contribution in [0, 0.1) is 25.5 Å². The molecule has 1 unspecified atom stereocenters. The van der Waals surface area contributed by atoms with Gasteiger partial charge < -0.3 is 14.8 Å². The van der Waals surface area contributed by atoms with Crippen LogP contribution in [0.15, 0.2) is 59.0 Å².